The average molecular weight is 440 g/mol. The third-order valence-corrected chi connectivity index (χ3v) is 4.60. The number of carbonyl (C=O) groups is 1. The first kappa shape index (κ1) is 22.7. The van der Waals surface area contributed by atoms with Gasteiger partial charge in [0.2, 0.25) is 0 Å². The number of rotatable bonds is 7. The molecule has 0 spiro atoms. The molecule has 0 fully saturated rings. The Balaban J connectivity index is 2.02. The fraction of sp³-hybridized carbons (Fsp3) is 0.174. The third-order valence-electron chi connectivity index (χ3n) is 4.60. The molecule has 0 saturated heterocycles. The molecule has 0 aliphatic carbocycles. The second kappa shape index (κ2) is 9.42. The average Bonchev–Trinajstić information content (AvgIpc) is 2.76. The fourth-order valence-electron chi connectivity index (χ4n) is 2.95. The highest BCUT2D eigenvalue weighted by atomic mass is 19.1. The van der Waals surface area contributed by atoms with Crippen LogP contribution in [0.15, 0.2) is 42.5 Å². The summed E-state index contributed by atoms with van der Waals surface area (Å²) in [6.07, 6.45) is 0. The molecule has 0 saturated carbocycles. The minimum atomic E-state index is -1.02. The van der Waals surface area contributed by atoms with Gasteiger partial charge in [0, 0.05) is 17.7 Å². The number of nitrogens with one attached hydrogen (secondary N) is 2. The van der Waals surface area contributed by atoms with Crippen LogP contribution >= 0.6 is 0 Å². The number of aromatic nitrogens is 1. The predicted octanol–water partition coefficient (Wildman–Crippen LogP) is 4.60. The lowest BCUT2D eigenvalue weighted by Crippen LogP contribution is -2.24. The minimum Gasteiger partial charge on any atom is -0.436 e. The van der Waals surface area contributed by atoms with Crippen LogP contribution in [-0.4, -0.2) is 23.3 Å². The summed E-state index contributed by atoms with van der Waals surface area (Å²) >= 11 is 0. The molecule has 2 aromatic carbocycles. The molecule has 3 rings (SSSR count). The summed E-state index contributed by atoms with van der Waals surface area (Å²) in [6, 6.07) is 11.0. The number of pyridine rings is 1. The molecule has 0 aliphatic heterocycles. The number of aryl methyl sites for hydroxylation is 1. The lowest BCUT2D eigenvalue weighted by atomic mass is 10.1. The van der Waals surface area contributed by atoms with Gasteiger partial charge in [0.05, 0.1) is 5.56 Å². The van der Waals surface area contributed by atoms with Crippen LogP contribution in [0.4, 0.5) is 8.78 Å². The van der Waals surface area contributed by atoms with Gasteiger partial charge in [-0.1, -0.05) is 24.3 Å². The smallest absolute Gasteiger partial charge is 0.259 e. The summed E-state index contributed by atoms with van der Waals surface area (Å²) in [6.45, 7) is 5.10. The zero-order valence-electron chi connectivity index (χ0n) is 17.8. The molecule has 9 heteroatoms. The van der Waals surface area contributed by atoms with E-state index in [9.17, 15) is 13.6 Å². The summed E-state index contributed by atoms with van der Waals surface area (Å²) in [4.78, 5) is 16.3. The standard InChI is InChI=1S/C23H22F2N4O3/c1-4-28-21(30)17-12(2)7-5-10-16(17)32-23-19(25)13(3)18(24)22(29-23)31-15-9-6-8-14(11-15)20(26)27/h5-11H,4H2,1-3H3,(H3,26,27)(H,28,30). The summed E-state index contributed by atoms with van der Waals surface area (Å²) in [7, 11) is 0. The van der Waals surface area contributed by atoms with Crippen LogP contribution in [0.3, 0.4) is 0 Å². The number of amides is 1. The van der Waals surface area contributed by atoms with Crippen LogP contribution in [0.25, 0.3) is 0 Å². The molecule has 1 amide bonds. The number of nitrogens with two attached hydrogens (primary N) is 1. The summed E-state index contributed by atoms with van der Waals surface area (Å²) in [5.74, 6) is -3.45. The topological polar surface area (TPSA) is 110 Å². The van der Waals surface area contributed by atoms with Crippen LogP contribution in [0, 0.1) is 30.9 Å². The van der Waals surface area contributed by atoms with Crippen molar-refractivity contribution in [2.75, 3.05) is 6.54 Å². The molecule has 3 aromatic rings. The summed E-state index contributed by atoms with van der Waals surface area (Å²) in [5, 5.41) is 10.2. The Bertz CT molecular complexity index is 1200. The van der Waals surface area contributed by atoms with Gasteiger partial charge in [0.25, 0.3) is 17.7 Å². The Morgan fingerprint density at radius 2 is 1.75 bits per heavy atom. The summed E-state index contributed by atoms with van der Waals surface area (Å²) in [5.41, 5.74) is 6.30. The Morgan fingerprint density at radius 1 is 1.09 bits per heavy atom. The maximum absolute atomic E-state index is 14.8. The summed E-state index contributed by atoms with van der Waals surface area (Å²) < 4.78 is 40.6. The van der Waals surface area contributed by atoms with E-state index in [1.54, 1.807) is 38.1 Å². The van der Waals surface area contributed by atoms with E-state index in [4.69, 9.17) is 20.6 Å². The van der Waals surface area contributed by atoms with E-state index in [-0.39, 0.29) is 28.5 Å². The lowest BCUT2D eigenvalue weighted by Gasteiger charge is -2.15. The van der Waals surface area contributed by atoms with E-state index in [0.29, 0.717) is 17.7 Å². The third kappa shape index (κ3) is 4.66. The second-order valence-corrected chi connectivity index (χ2v) is 6.93. The van der Waals surface area contributed by atoms with Crippen molar-refractivity contribution in [3.8, 4) is 23.3 Å². The SMILES string of the molecule is CCNC(=O)c1c(C)cccc1Oc1nc(Oc2cccc(C(=N)N)c2)c(F)c(C)c1F. The highest BCUT2D eigenvalue weighted by Crippen LogP contribution is 2.34. The predicted molar refractivity (Wildman–Crippen MR) is 116 cm³/mol. The molecule has 0 aliphatic rings. The molecule has 0 radical (unpaired) electrons. The van der Waals surface area contributed by atoms with Gasteiger partial charge in [-0.05, 0) is 44.5 Å². The van der Waals surface area contributed by atoms with E-state index in [0.717, 1.165) is 0 Å². The Kier molecular flexibility index (Phi) is 6.67. The number of hydrogen-bond donors (Lipinski definition) is 3. The van der Waals surface area contributed by atoms with Gasteiger partial charge in [0.1, 0.15) is 17.3 Å². The van der Waals surface area contributed by atoms with Gasteiger partial charge in [-0.25, -0.2) is 8.78 Å². The zero-order chi connectivity index (χ0) is 23.4. The van der Waals surface area contributed by atoms with Crippen LogP contribution in [0.2, 0.25) is 0 Å². The molecule has 32 heavy (non-hydrogen) atoms. The van der Waals surface area contributed by atoms with Gasteiger partial charge in [0.15, 0.2) is 11.6 Å². The molecular formula is C23H22F2N4O3. The number of amidine groups is 1. The number of nitrogens with zero attached hydrogens (tertiary/aromatic N) is 1. The number of nitrogen functional groups attached to an aromatic ring is 1. The van der Waals surface area contributed by atoms with Crippen LogP contribution in [0.1, 0.15) is 34.0 Å². The molecular weight excluding hydrogens is 418 g/mol. The van der Waals surface area contributed by atoms with Crippen LogP contribution in [0.5, 0.6) is 23.3 Å². The zero-order valence-corrected chi connectivity index (χ0v) is 17.8. The number of halogens is 2. The fourth-order valence-corrected chi connectivity index (χ4v) is 2.95. The van der Waals surface area contributed by atoms with Crippen molar-refractivity contribution in [1.29, 1.82) is 5.41 Å². The highest BCUT2D eigenvalue weighted by Gasteiger charge is 2.23. The molecule has 4 N–H and O–H groups in total. The molecule has 166 valence electrons. The first-order chi connectivity index (χ1) is 15.2. The molecule has 0 bridgehead atoms. The number of ether oxygens (including phenoxy) is 2. The number of carbonyl (C=O) groups excluding carboxylic acids is 1. The molecule has 7 nitrogen and oxygen atoms in total. The number of benzene rings is 2. The van der Waals surface area contributed by atoms with Gasteiger partial charge in [-0.15, -0.1) is 0 Å². The highest BCUT2D eigenvalue weighted by molar-refractivity contribution is 5.98. The first-order valence-corrected chi connectivity index (χ1v) is 9.76. The van der Waals surface area contributed by atoms with E-state index in [1.807, 2.05) is 0 Å². The van der Waals surface area contributed by atoms with E-state index < -0.39 is 29.3 Å². The Hall–Kier alpha value is -4.01. The molecule has 0 atom stereocenters. The van der Waals surface area contributed by atoms with Gasteiger partial charge < -0.3 is 20.5 Å². The van der Waals surface area contributed by atoms with Crippen LogP contribution < -0.4 is 20.5 Å². The van der Waals surface area contributed by atoms with Crippen molar-refractivity contribution in [2.24, 2.45) is 5.73 Å². The van der Waals surface area contributed by atoms with Gasteiger partial charge in [-0.3, -0.25) is 10.2 Å². The first-order valence-electron chi connectivity index (χ1n) is 9.76. The maximum atomic E-state index is 14.8. The van der Waals surface area contributed by atoms with Crippen molar-refractivity contribution >= 4 is 11.7 Å². The molecule has 1 heterocycles. The quantitative estimate of drug-likeness (QED) is 0.368. The van der Waals surface area contributed by atoms with Crippen molar-refractivity contribution in [1.82, 2.24) is 10.3 Å². The van der Waals surface area contributed by atoms with Crippen molar-refractivity contribution in [2.45, 2.75) is 20.8 Å². The van der Waals surface area contributed by atoms with Gasteiger partial charge >= 0.3 is 0 Å². The normalized spacial score (nSPS) is 10.5. The van der Waals surface area contributed by atoms with Crippen molar-refractivity contribution in [3.05, 3.63) is 76.4 Å². The van der Waals surface area contributed by atoms with E-state index >= 15 is 0 Å². The van der Waals surface area contributed by atoms with Crippen molar-refractivity contribution < 1.29 is 23.0 Å². The Morgan fingerprint density at radius 3 is 2.41 bits per heavy atom. The monoisotopic (exact) mass is 440 g/mol. The minimum absolute atomic E-state index is 0.0675. The lowest BCUT2D eigenvalue weighted by molar-refractivity contribution is 0.0952. The Labute approximate surface area is 183 Å². The molecule has 0 unspecified atom stereocenters. The largest absolute Gasteiger partial charge is 0.436 e. The maximum Gasteiger partial charge on any atom is 0.259 e. The van der Waals surface area contributed by atoms with Crippen LogP contribution in [-0.2, 0) is 0 Å². The molecule has 1 aromatic heterocycles. The van der Waals surface area contributed by atoms with E-state index in [2.05, 4.69) is 10.3 Å². The van der Waals surface area contributed by atoms with E-state index in [1.165, 1.54) is 25.1 Å². The second-order valence-electron chi connectivity index (χ2n) is 6.93. The number of hydrogen-bond acceptors (Lipinski definition) is 5. The van der Waals surface area contributed by atoms with Crippen molar-refractivity contribution in [3.63, 3.8) is 0 Å². The van der Waals surface area contributed by atoms with Gasteiger partial charge in [-0.2, -0.15) is 4.98 Å².